The van der Waals surface area contributed by atoms with Crippen LogP contribution in [0.1, 0.15) is 6.92 Å². The zero-order chi connectivity index (χ0) is 9.64. The summed E-state index contributed by atoms with van der Waals surface area (Å²) in [5, 5.41) is 9.84. The summed E-state index contributed by atoms with van der Waals surface area (Å²) in [7, 11) is 7.20. The second kappa shape index (κ2) is 2.95. The topological polar surface area (TPSA) is 47.9 Å². The summed E-state index contributed by atoms with van der Waals surface area (Å²) in [6.45, 7) is 2.19. The summed E-state index contributed by atoms with van der Waals surface area (Å²) in [6.07, 6.45) is -1.31. The molecule has 0 aliphatic carbocycles. The number of ether oxygens (including phenoxy) is 3. The normalized spacial score (nSPS) is 51.2. The van der Waals surface area contributed by atoms with Crippen molar-refractivity contribution < 1.29 is 19.3 Å². The first kappa shape index (κ1) is 9.46. The standard InChI is InChI=1S/C8H13BO4/c1-4(11-2)8-3-12-5(6(8)10)7(9)13-8/h4-7,10H,3H2,1-2H3/t4-,5+,6-,7+,8+/m0/s1. The minimum atomic E-state index is -0.765. The highest BCUT2D eigenvalue weighted by Gasteiger charge is 2.62. The molecule has 2 heterocycles. The van der Waals surface area contributed by atoms with E-state index < -0.39 is 23.8 Å². The third-order valence-corrected chi connectivity index (χ3v) is 3.03. The van der Waals surface area contributed by atoms with Gasteiger partial charge < -0.3 is 19.3 Å². The van der Waals surface area contributed by atoms with Gasteiger partial charge in [-0.2, -0.15) is 0 Å². The Kier molecular flexibility index (Phi) is 2.15. The lowest BCUT2D eigenvalue weighted by Crippen LogP contribution is -2.51. The van der Waals surface area contributed by atoms with Crippen molar-refractivity contribution in [2.75, 3.05) is 13.7 Å². The smallest absolute Gasteiger partial charge is 0.145 e. The van der Waals surface area contributed by atoms with E-state index in [9.17, 15) is 5.11 Å². The van der Waals surface area contributed by atoms with Crippen molar-refractivity contribution in [3.8, 4) is 0 Å². The lowest BCUT2D eigenvalue weighted by atomic mass is 9.90. The fourth-order valence-electron chi connectivity index (χ4n) is 2.03. The van der Waals surface area contributed by atoms with Gasteiger partial charge in [0.05, 0.1) is 12.7 Å². The van der Waals surface area contributed by atoms with E-state index in [4.69, 9.17) is 22.1 Å². The van der Waals surface area contributed by atoms with Gasteiger partial charge in [-0.25, -0.2) is 0 Å². The predicted octanol–water partition coefficient (Wildman–Crippen LogP) is -0.955. The van der Waals surface area contributed by atoms with Gasteiger partial charge in [0.15, 0.2) is 0 Å². The molecule has 5 heteroatoms. The molecule has 2 aliphatic rings. The fraction of sp³-hybridized carbons (Fsp3) is 1.00. The molecule has 0 saturated carbocycles. The van der Waals surface area contributed by atoms with Crippen molar-refractivity contribution in [2.24, 2.45) is 0 Å². The summed E-state index contributed by atoms with van der Waals surface area (Å²) < 4.78 is 16.0. The van der Waals surface area contributed by atoms with Crippen LogP contribution >= 0.6 is 0 Å². The minimum absolute atomic E-state index is 0.221. The molecule has 0 aromatic carbocycles. The molecule has 1 N–H and O–H groups in total. The van der Waals surface area contributed by atoms with Gasteiger partial charge in [-0.1, -0.05) is 0 Å². The third kappa shape index (κ3) is 1.08. The molecule has 0 unspecified atom stereocenters. The molecule has 2 saturated heterocycles. The molecular weight excluding hydrogens is 171 g/mol. The van der Waals surface area contributed by atoms with E-state index in [2.05, 4.69) is 0 Å². The number of aliphatic hydroxyl groups is 1. The van der Waals surface area contributed by atoms with Crippen LogP contribution in [0.25, 0.3) is 0 Å². The monoisotopic (exact) mass is 184 g/mol. The van der Waals surface area contributed by atoms with Gasteiger partial charge in [0, 0.05) is 13.1 Å². The zero-order valence-corrected chi connectivity index (χ0v) is 7.77. The van der Waals surface area contributed by atoms with E-state index in [1.165, 1.54) is 0 Å². The van der Waals surface area contributed by atoms with E-state index in [1.807, 2.05) is 6.92 Å². The van der Waals surface area contributed by atoms with E-state index >= 15 is 0 Å². The molecule has 72 valence electrons. The second-order valence-electron chi connectivity index (χ2n) is 3.64. The highest BCUT2D eigenvalue weighted by atomic mass is 16.6. The van der Waals surface area contributed by atoms with Gasteiger partial charge >= 0.3 is 0 Å². The van der Waals surface area contributed by atoms with Crippen molar-refractivity contribution in [1.82, 2.24) is 0 Å². The molecule has 5 atom stereocenters. The highest BCUT2D eigenvalue weighted by Crippen LogP contribution is 2.41. The summed E-state index contributed by atoms with van der Waals surface area (Å²) in [5.74, 6) is 0. The Labute approximate surface area is 78.6 Å². The van der Waals surface area contributed by atoms with Crippen molar-refractivity contribution >= 4 is 7.85 Å². The van der Waals surface area contributed by atoms with Gasteiger partial charge in [-0.15, -0.1) is 0 Å². The maximum atomic E-state index is 9.84. The molecule has 4 nitrogen and oxygen atoms in total. The lowest BCUT2D eigenvalue weighted by molar-refractivity contribution is -0.171. The Hall–Kier alpha value is -0.0951. The Bertz CT molecular complexity index is 212. The Morgan fingerprint density at radius 1 is 1.69 bits per heavy atom. The Morgan fingerprint density at radius 3 is 2.77 bits per heavy atom. The van der Waals surface area contributed by atoms with Crippen LogP contribution in [0.2, 0.25) is 0 Å². The maximum absolute atomic E-state index is 9.84. The first-order valence-corrected chi connectivity index (χ1v) is 4.37. The van der Waals surface area contributed by atoms with E-state index in [0.717, 1.165) is 0 Å². The van der Waals surface area contributed by atoms with Crippen molar-refractivity contribution in [3.63, 3.8) is 0 Å². The minimum Gasteiger partial charge on any atom is -0.387 e. The van der Waals surface area contributed by atoms with Crippen LogP contribution in [0.4, 0.5) is 0 Å². The van der Waals surface area contributed by atoms with Crippen molar-refractivity contribution in [3.05, 3.63) is 0 Å². The average Bonchev–Trinajstić information content (AvgIpc) is 2.56. The Morgan fingerprint density at radius 2 is 2.38 bits per heavy atom. The molecule has 0 aromatic rings. The number of rotatable bonds is 2. The maximum Gasteiger partial charge on any atom is 0.145 e. The van der Waals surface area contributed by atoms with E-state index in [-0.39, 0.29) is 6.10 Å². The average molecular weight is 184 g/mol. The number of fused-ring (bicyclic) bond motifs is 2. The largest absolute Gasteiger partial charge is 0.387 e. The molecule has 2 rings (SSSR count). The van der Waals surface area contributed by atoms with Gasteiger partial charge in [0.25, 0.3) is 0 Å². The van der Waals surface area contributed by atoms with Gasteiger partial charge in [0.2, 0.25) is 0 Å². The van der Waals surface area contributed by atoms with Crippen LogP contribution in [-0.4, -0.2) is 56.6 Å². The molecule has 0 spiro atoms. The molecular formula is C8H13BO4. The molecule has 0 aromatic heterocycles. The van der Waals surface area contributed by atoms with Crippen LogP contribution in [0.15, 0.2) is 0 Å². The summed E-state index contributed by atoms with van der Waals surface area (Å²) >= 11 is 0. The van der Waals surface area contributed by atoms with Gasteiger partial charge in [-0.05, 0) is 6.92 Å². The summed E-state index contributed by atoms with van der Waals surface area (Å²) in [6, 6.07) is -0.540. The number of methoxy groups -OCH3 is 1. The van der Waals surface area contributed by atoms with Gasteiger partial charge in [0.1, 0.15) is 25.7 Å². The number of aliphatic hydroxyl groups excluding tert-OH is 1. The van der Waals surface area contributed by atoms with Crippen LogP contribution in [0, 0.1) is 0 Å². The second-order valence-corrected chi connectivity index (χ2v) is 3.64. The quantitative estimate of drug-likeness (QED) is 0.561. The van der Waals surface area contributed by atoms with Crippen LogP contribution in [-0.2, 0) is 14.2 Å². The van der Waals surface area contributed by atoms with E-state index in [1.54, 1.807) is 7.11 Å². The predicted molar refractivity (Wildman–Crippen MR) is 45.6 cm³/mol. The molecule has 2 radical (unpaired) electrons. The van der Waals surface area contributed by atoms with Crippen LogP contribution in [0.3, 0.4) is 0 Å². The van der Waals surface area contributed by atoms with E-state index in [0.29, 0.717) is 6.61 Å². The third-order valence-electron chi connectivity index (χ3n) is 3.03. The van der Waals surface area contributed by atoms with Crippen LogP contribution in [0.5, 0.6) is 0 Å². The molecule has 0 amide bonds. The SMILES string of the molecule is [B][C@@H]1O[C@@]2([C@H](C)OC)CO[C@@H]1[C@@H]2O. The lowest BCUT2D eigenvalue weighted by Gasteiger charge is -2.34. The number of hydrogen-bond acceptors (Lipinski definition) is 4. The first-order valence-electron chi connectivity index (χ1n) is 4.37. The first-order chi connectivity index (χ1) is 6.12. The fourth-order valence-corrected chi connectivity index (χ4v) is 2.03. The molecule has 2 fully saturated rings. The molecule has 2 aliphatic heterocycles. The van der Waals surface area contributed by atoms with Crippen LogP contribution < -0.4 is 0 Å². The summed E-state index contributed by atoms with van der Waals surface area (Å²) in [4.78, 5) is 0. The number of hydrogen-bond donors (Lipinski definition) is 1. The highest BCUT2D eigenvalue weighted by molar-refractivity contribution is 6.11. The van der Waals surface area contributed by atoms with Crippen molar-refractivity contribution in [2.45, 2.75) is 36.8 Å². The zero-order valence-electron chi connectivity index (χ0n) is 7.77. The summed E-state index contributed by atoms with van der Waals surface area (Å²) in [5.41, 5.74) is -0.765. The molecule has 2 bridgehead atoms. The van der Waals surface area contributed by atoms with Gasteiger partial charge in [-0.3, -0.25) is 0 Å². The van der Waals surface area contributed by atoms with Crippen molar-refractivity contribution in [1.29, 1.82) is 0 Å². The Balaban J connectivity index is 2.23. The molecule has 13 heavy (non-hydrogen) atoms.